The van der Waals surface area contributed by atoms with Crippen molar-refractivity contribution in [2.45, 2.75) is 11.8 Å². The van der Waals surface area contributed by atoms with E-state index in [0.717, 1.165) is 10.6 Å². The predicted molar refractivity (Wildman–Crippen MR) is 78.8 cm³/mol. The molecule has 0 atom stereocenters. The molecule has 21 heavy (non-hydrogen) atoms. The van der Waals surface area contributed by atoms with Gasteiger partial charge >= 0.3 is 5.97 Å². The van der Waals surface area contributed by atoms with Crippen molar-refractivity contribution in [2.75, 3.05) is 5.75 Å². The number of benzene rings is 1. The van der Waals surface area contributed by atoms with E-state index in [9.17, 15) is 10.1 Å². The molecule has 0 amide bonds. The molecule has 0 aliphatic carbocycles. The Morgan fingerprint density at radius 2 is 2.24 bits per heavy atom. The second-order valence-electron chi connectivity index (χ2n) is 3.95. The monoisotopic (exact) mass is 300 g/mol. The summed E-state index contributed by atoms with van der Waals surface area (Å²) in [4.78, 5) is 15.8. The molecule has 106 valence electrons. The van der Waals surface area contributed by atoms with Gasteiger partial charge in [-0.1, -0.05) is 13.0 Å². The van der Waals surface area contributed by atoms with Crippen LogP contribution in [0.15, 0.2) is 41.6 Å². The Morgan fingerprint density at radius 3 is 2.90 bits per heavy atom. The van der Waals surface area contributed by atoms with Gasteiger partial charge in [-0.05, 0) is 24.0 Å². The van der Waals surface area contributed by atoms with Crippen LogP contribution in [0.5, 0.6) is 11.5 Å². The van der Waals surface area contributed by atoms with Gasteiger partial charge in [0, 0.05) is 11.1 Å². The van der Waals surface area contributed by atoms with E-state index in [0.29, 0.717) is 11.3 Å². The zero-order chi connectivity index (χ0) is 15.2. The van der Waals surface area contributed by atoms with E-state index in [1.807, 2.05) is 13.0 Å². The summed E-state index contributed by atoms with van der Waals surface area (Å²) in [6.45, 7) is 1.99. The second-order valence-corrected chi connectivity index (χ2v) is 5.26. The number of aromatic carboxylic acids is 1. The van der Waals surface area contributed by atoms with Crippen molar-refractivity contribution in [3.8, 4) is 17.6 Å². The summed E-state index contributed by atoms with van der Waals surface area (Å²) in [5.41, 5.74) is 0.395. The minimum absolute atomic E-state index is 0.00226. The summed E-state index contributed by atoms with van der Waals surface area (Å²) < 4.78 is 5.60. The smallest absolute Gasteiger partial charge is 0.339 e. The number of thioether (sulfide) groups is 1. The third-order valence-electron chi connectivity index (χ3n) is 2.63. The van der Waals surface area contributed by atoms with Crippen LogP contribution in [0, 0.1) is 11.3 Å². The molecule has 5 nitrogen and oxygen atoms in total. The standard InChI is InChI=1S/C15H12N2O3S/c1-2-21-14-5-3-4-12(11(14)8-16)20-13-9-17-7-6-10(13)15(18)19/h3-7,9H,2H2,1H3,(H,18,19). The second kappa shape index (κ2) is 6.77. The van der Waals surface area contributed by atoms with Gasteiger partial charge in [0.15, 0.2) is 5.75 Å². The molecule has 0 fully saturated rings. The van der Waals surface area contributed by atoms with Gasteiger partial charge in [-0.2, -0.15) is 5.26 Å². The van der Waals surface area contributed by atoms with Gasteiger partial charge in [0.05, 0.1) is 6.20 Å². The third-order valence-corrected chi connectivity index (χ3v) is 3.57. The zero-order valence-electron chi connectivity index (χ0n) is 11.2. The Bertz CT molecular complexity index is 710. The van der Waals surface area contributed by atoms with E-state index in [1.54, 1.807) is 12.1 Å². The fourth-order valence-electron chi connectivity index (χ4n) is 1.74. The Balaban J connectivity index is 2.43. The molecule has 2 aromatic rings. The minimum Gasteiger partial charge on any atom is -0.478 e. The fraction of sp³-hybridized carbons (Fsp3) is 0.133. The van der Waals surface area contributed by atoms with Gasteiger partial charge in [-0.15, -0.1) is 11.8 Å². The first-order valence-electron chi connectivity index (χ1n) is 6.18. The van der Waals surface area contributed by atoms with Gasteiger partial charge < -0.3 is 9.84 Å². The van der Waals surface area contributed by atoms with Crippen molar-refractivity contribution in [1.82, 2.24) is 4.98 Å². The average molecular weight is 300 g/mol. The maximum absolute atomic E-state index is 11.2. The lowest BCUT2D eigenvalue weighted by molar-refractivity contribution is 0.0694. The van der Waals surface area contributed by atoms with Crippen LogP contribution in [-0.2, 0) is 0 Å². The predicted octanol–water partition coefficient (Wildman–Crippen LogP) is 3.56. The number of carboxylic acid groups (broad SMARTS) is 1. The van der Waals surface area contributed by atoms with Crippen molar-refractivity contribution < 1.29 is 14.6 Å². The first-order chi connectivity index (χ1) is 10.2. The molecule has 2 rings (SSSR count). The van der Waals surface area contributed by atoms with Gasteiger partial charge in [0.1, 0.15) is 22.9 Å². The number of carboxylic acids is 1. The molecule has 1 aromatic carbocycles. The highest BCUT2D eigenvalue weighted by Gasteiger charge is 2.15. The number of aromatic nitrogens is 1. The number of ether oxygens (including phenoxy) is 1. The van der Waals surface area contributed by atoms with Gasteiger partial charge in [-0.25, -0.2) is 4.79 Å². The molecule has 0 saturated carbocycles. The molecule has 1 N–H and O–H groups in total. The molecular formula is C15H12N2O3S. The van der Waals surface area contributed by atoms with Crippen LogP contribution in [0.2, 0.25) is 0 Å². The number of carbonyl (C=O) groups is 1. The van der Waals surface area contributed by atoms with E-state index in [2.05, 4.69) is 11.1 Å². The molecular weight excluding hydrogens is 288 g/mol. The minimum atomic E-state index is -1.11. The van der Waals surface area contributed by atoms with E-state index >= 15 is 0 Å². The maximum Gasteiger partial charge on any atom is 0.339 e. The first kappa shape index (κ1) is 14.9. The van der Waals surface area contributed by atoms with Crippen molar-refractivity contribution >= 4 is 17.7 Å². The molecule has 0 radical (unpaired) electrons. The summed E-state index contributed by atoms with van der Waals surface area (Å²) in [5, 5.41) is 18.4. The molecule has 1 heterocycles. The van der Waals surface area contributed by atoms with Gasteiger partial charge in [0.25, 0.3) is 0 Å². The molecule has 0 saturated heterocycles. The van der Waals surface area contributed by atoms with Crippen LogP contribution in [0.25, 0.3) is 0 Å². The van der Waals surface area contributed by atoms with Crippen molar-refractivity contribution in [1.29, 1.82) is 5.26 Å². The Morgan fingerprint density at radius 1 is 1.43 bits per heavy atom. The maximum atomic E-state index is 11.2. The SMILES string of the molecule is CCSc1cccc(Oc2cnccc2C(=O)O)c1C#N. The van der Waals surface area contributed by atoms with Crippen LogP contribution >= 0.6 is 11.8 Å². The van der Waals surface area contributed by atoms with Gasteiger partial charge in [0.2, 0.25) is 0 Å². The number of pyridine rings is 1. The van der Waals surface area contributed by atoms with Crippen LogP contribution in [0.3, 0.4) is 0 Å². The molecule has 0 bridgehead atoms. The fourth-order valence-corrected chi connectivity index (χ4v) is 2.51. The van der Waals surface area contributed by atoms with Crippen LogP contribution in [-0.4, -0.2) is 21.8 Å². The van der Waals surface area contributed by atoms with Gasteiger partial charge in [-0.3, -0.25) is 4.98 Å². The molecule has 0 spiro atoms. The summed E-state index contributed by atoms with van der Waals surface area (Å²) in [6, 6.07) is 8.70. The Labute approximate surface area is 126 Å². The Kier molecular flexibility index (Phi) is 4.80. The average Bonchev–Trinajstić information content (AvgIpc) is 2.48. The first-order valence-corrected chi connectivity index (χ1v) is 7.17. The Hall–Kier alpha value is -2.52. The van der Waals surface area contributed by atoms with E-state index in [-0.39, 0.29) is 11.3 Å². The number of hydrogen-bond acceptors (Lipinski definition) is 5. The molecule has 1 aromatic heterocycles. The molecule has 6 heteroatoms. The lowest BCUT2D eigenvalue weighted by atomic mass is 10.2. The van der Waals surface area contributed by atoms with Crippen molar-refractivity contribution in [3.05, 3.63) is 47.8 Å². The lowest BCUT2D eigenvalue weighted by Crippen LogP contribution is -2.01. The van der Waals surface area contributed by atoms with E-state index in [1.165, 1.54) is 30.2 Å². The number of nitriles is 1. The van der Waals surface area contributed by atoms with Crippen LogP contribution < -0.4 is 4.74 Å². The lowest BCUT2D eigenvalue weighted by Gasteiger charge is -2.11. The zero-order valence-corrected chi connectivity index (χ0v) is 12.1. The highest BCUT2D eigenvalue weighted by atomic mass is 32.2. The highest BCUT2D eigenvalue weighted by molar-refractivity contribution is 7.99. The molecule has 0 aliphatic heterocycles. The normalized spacial score (nSPS) is 9.90. The topological polar surface area (TPSA) is 83.2 Å². The number of hydrogen-bond donors (Lipinski definition) is 1. The molecule has 0 unspecified atom stereocenters. The van der Waals surface area contributed by atoms with Crippen LogP contribution in [0.1, 0.15) is 22.8 Å². The van der Waals surface area contributed by atoms with Crippen molar-refractivity contribution in [2.24, 2.45) is 0 Å². The van der Waals surface area contributed by atoms with Crippen LogP contribution in [0.4, 0.5) is 0 Å². The quantitative estimate of drug-likeness (QED) is 0.850. The summed E-state index contributed by atoms with van der Waals surface area (Å²) in [6.07, 6.45) is 2.70. The summed E-state index contributed by atoms with van der Waals surface area (Å²) in [7, 11) is 0. The number of nitrogens with zero attached hydrogens (tertiary/aromatic N) is 2. The van der Waals surface area contributed by atoms with Crippen molar-refractivity contribution in [3.63, 3.8) is 0 Å². The largest absolute Gasteiger partial charge is 0.478 e. The summed E-state index contributed by atoms with van der Waals surface area (Å²) in [5.74, 6) is 0.155. The molecule has 0 aliphatic rings. The number of rotatable bonds is 5. The third kappa shape index (κ3) is 3.33. The van der Waals surface area contributed by atoms with E-state index < -0.39 is 5.97 Å². The summed E-state index contributed by atoms with van der Waals surface area (Å²) >= 11 is 1.53. The van der Waals surface area contributed by atoms with E-state index in [4.69, 9.17) is 9.84 Å². The highest BCUT2D eigenvalue weighted by Crippen LogP contribution is 2.33.